The van der Waals surface area contributed by atoms with Gasteiger partial charge in [0.05, 0.1) is 13.2 Å². The predicted octanol–water partition coefficient (Wildman–Crippen LogP) is 2.27. The summed E-state index contributed by atoms with van der Waals surface area (Å²) in [5.74, 6) is 1.43. The van der Waals surface area contributed by atoms with E-state index in [4.69, 9.17) is 4.74 Å². The monoisotopic (exact) mass is 217 g/mol. The van der Waals surface area contributed by atoms with Crippen molar-refractivity contribution in [1.29, 1.82) is 0 Å². The van der Waals surface area contributed by atoms with Gasteiger partial charge in [0, 0.05) is 5.92 Å². The second kappa shape index (κ2) is 4.56. The molecule has 0 radical (unpaired) electrons. The van der Waals surface area contributed by atoms with E-state index in [0.717, 1.165) is 19.1 Å². The molecule has 0 spiro atoms. The molecular formula is C14H19NO. The number of hydrogen-bond acceptors (Lipinski definition) is 2. The zero-order valence-electron chi connectivity index (χ0n) is 9.61. The first-order chi connectivity index (χ1) is 7.93. The summed E-state index contributed by atoms with van der Waals surface area (Å²) in [7, 11) is 0. The molecule has 2 fully saturated rings. The minimum Gasteiger partial charge on any atom is -0.380 e. The fraction of sp³-hybridized carbons (Fsp3) is 0.571. The number of hydrogen-bond donors (Lipinski definition) is 1. The van der Waals surface area contributed by atoms with Crippen molar-refractivity contribution >= 4 is 0 Å². The Balaban J connectivity index is 1.70. The molecule has 2 aliphatic rings. The summed E-state index contributed by atoms with van der Waals surface area (Å²) in [6.07, 6.45) is 2.57. The van der Waals surface area contributed by atoms with Crippen LogP contribution in [0, 0.1) is 0 Å². The average Bonchev–Trinajstić information content (AvgIpc) is 2.29. The molecule has 0 atom stereocenters. The van der Waals surface area contributed by atoms with Gasteiger partial charge in [-0.3, -0.25) is 0 Å². The lowest BCUT2D eigenvalue weighted by molar-refractivity contribution is 0.00841. The molecule has 2 heteroatoms. The highest BCUT2D eigenvalue weighted by Gasteiger charge is 2.21. The van der Waals surface area contributed by atoms with Crippen molar-refractivity contribution in [3.8, 4) is 0 Å². The maximum atomic E-state index is 5.23. The van der Waals surface area contributed by atoms with Crippen LogP contribution in [0.4, 0.5) is 0 Å². The van der Waals surface area contributed by atoms with Crippen LogP contribution in [0.25, 0.3) is 0 Å². The highest BCUT2D eigenvalue weighted by molar-refractivity contribution is 5.29. The normalized spacial score (nSPS) is 23.0. The number of ether oxygens (including phenoxy) is 1. The van der Waals surface area contributed by atoms with Crippen molar-refractivity contribution in [3.05, 3.63) is 35.4 Å². The van der Waals surface area contributed by atoms with E-state index in [1.807, 2.05) is 0 Å². The summed E-state index contributed by atoms with van der Waals surface area (Å²) in [4.78, 5) is 0. The van der Waals surface area contributed by atoms with Crippen molar-refractivity contribution in [2.45, 2.75) is 24.7 Å². The summed E-state index contributed by atoms with van der Waals surface area (Å²) in [6, 6.07) is 9.24. The maximum Gasteiger partial charge on any atom is 0.0557 e. The predicted molar refractivity (Wildman–Crippen MR) is 64.8 cm³/mol. The molecule has 0 bridgehead atoms. The minimum atomic E-state index is 0.655. The number of nitrogens with one attached hydrogen (secondary N) is 1. The van der Waals surface area contributed by atoms with Gasteiger partial charge in [0.15, 0.2) is 0 Å². The lowest BCUT2D eigenvalue weighted by atomic mass is 9.88. The molecule has 16 heavy (non-hydrogen) atoms. The van der Waals surface area contributed by atoms with Gasteiger partial charge in [-0.05, 0) is 43.0 Å². The van der Waals surface area contributed by atoms with Gasteiger partial charge in [-0.25, -0.2) is 0 Å². The Morgan fingerprint density at radius 3 is 1.94 bits per heavy atom. The van der Waals surface area contributed by atoms with Gasteiger partial charge in [0.2, 0.25) is 0 Å². The van der Waals surface area contributed by atoms with E-state index >= 15 is 0 Å². The third-order valence-corrected chi connectivity index (χ3v) is 3.86. The van der Waals surface area contributed by atoms with Gasteiger partial charge in [0.25, 0.3) is 0 Å². The standard InChI is InChI=1S/C14H19NO/c1-3-12(14-9-16-10-14)4-2-11(1)13-5-7-15-8-6-13/h1-4,13-15H,5-10H2. The average molecular weight is 217 g/mol. The molecular weight excluding hydrogens is 198 g/mol. The molecule has 3 rings (SSSR count). The van der Waals surface area contributed by atoms with Crippen LogP contribution in [-0.4, -0.2) is 26.3 Å². The van der Waals surface area contributed by atoms with E-state index < -0.39 is 0 Å². The Kier molecular flexibility index (Phi) is 2.94. The van der Waals surface area contributed by atoms with E-state index in [0.29, 0.717) is 5.92 Å². The zero-order chi connectivity index (χ0) is 10.8. The van der Waals surface area contributed by atoms with E-state index in [9.17, 15) is 0 Å². The highest BCUT2D eigenvalue weighted by atomic mass is 16.5. The lowest BCUT2D eigenvalue weighted by Crippen LogP contribution is -2.27. The van der Waals surface area contributed by atoms with Crippen LogP contribution in [0.1, 0.15) is 35.8 Å². The highest BCUT2D eigenvalue weighted by Crippen LogP contribution is 2.28. The van der Waals surface area contributed by atoms with Crippen LogP contribution >= 0.6 is 0 Å². The molecule has 0 aromatic heterocycles. The van der Waals surface area contributed by atoms with Gasteiger partial charge in [-0.15, -0.1) is 0 Å². The second-order valence-corrected chi connectivity index (χ2v) is 4.93. The quantitative estimate of drug-likeness (QED) is 0.820. The molecule has 0 unspecified atom stereocenters. The third kappa shape index (κ3) is 2.00. The van der Waals surface area contributed by atoms with Crippen molar-refractivity contribution in [2.75, 3.05) is 26.3 Å². The molecule has 1 N–H and O–H groups in total. The molecule has 86 valence electrons. The lowest BCUT2D eigenvalue weighted by Gasteiger charge is -2.27. The van der Waals surface area contributed by atoms with Crippen molar-refractivity contribution < 1.29 is 4.74 Å². The van der Waals surface area contributed by atoms with E-state index in [2.05, 4.69) is 29.6 Å². The van der Waals surface area contributed by atoms with Gasteiger partial charge < -0.3 is 10.1 Å². The van der Waals surface area contributed by atoms with E-state index in [1.54, 1.807) is 0 Å². The molecule has 2 nitrogen and oxygen atoms in total. The minimum absolute atomic E-state index is 0.655. The number of benzene rings is 1. The molecule has 2 heterocycles. The number of rotatable bonds is 2. The summed E-state index contributed by atoms with van der Waals surface area (Å²) in [5, 5.41) is 3.42. The van der Waals surface area contributed by atoms with E-state index in [1.165, 1.54) is 37.1 Å². The van der Waals surface area contributed by atoms with Crippen LogP contribution < -0.4 is 5.32 Å². The van der Waals surface area contributed by atoms with E-state index in [-0.39, 0.29) is 0 Å². The fourth-order valence-corrected chi connectivity index (χ4v) is 2.62. The van der Waals surface area contributed by atoms with Gasteiger partial charge >= 0.3 is 0 Å². The Labute approximate surface area is 97.0 Å². The Morgan fingerprint density at radius 1 is 0.875 bits per heavy atom. The van der Waals surface area contributed by atoms with Crippen LogP contribution in [0.15, 0.2) is 24.3 Å². The summed E-state index contributed by atoms with van der Waals surface area (Å²) in [5.41, 5.74) is 2.97. The van der Waals surface area contributed by atoms with Crippen molar-refractivity contribution in [2.24, 2.45) is 0 Å². The van der Waals surface area contributed by atoms with Crippen LogP contribution in [0.2, 0.25) is 0 Å². The molecule has 0 saturated carbocycles. The Morgan fingerprint density at radius 2 is 1.44 bits per heavy atom. The van der Waals surface area contributed by atoms with Gasteiger partial charge in [-0.1, -0.05) is 24.3 Å². The molecule has 1 aromatic rings. The van der Waals surface area contributed by atoms with Crippen molar-refractivity contribution in [1.82, 2.24) is 5.32 Å². The molecule has 2 saturated heterocycles. The summed E-state index contributed by atoms with van der Waals surface area (Å²) >= 11 is 0. The van der Waals surface area contributed by atoms with Crippen LogP contribution in [0.5, 0.6) is 0 Å². The molecule has 2 aliphatic heterocycles. The Hall–Kier alpha value is -0.860. The number of piperidine rings is 1. The third-order valence-electron chi connectivity index (χ3n) is 3.86. The first-order valence-corrected chi connectivity index (χ1v) is 6.32. The Bertz CT molecular complexity index is 336. The smallest absolute Gasteiger partial charge is 0.0557 e. The maximum absolute atomic E-state index is 5.23. The second-order valence-electron chi connectivity index (χ2n) is 4.93. The van der Waals surface area contributed by atoms with Crippen LogP contribution in [0.3, 0.4) is 0 Å². The first kappa shape index (κ1) is 10.3. The molecule has 0 aliphatic carbocycles. The zero-order valence-corrected chi connectivity index (χ0v) is 9.61. The SMILES string of the molecule is c1cc(C2COC2)ccc1C1CCNCC1. The topological polar surface area (TPSA) is 21.3 Å². The molecule has 0 amide bonds. The molecule has 1 aromatic carbocycles. The van der Waals surface area contributed by atoms with Gasteiger partial charge in [0.1, 0.15) is 0 Å². The largest absolute Gasteiger partial charge is 0.380 e. The van der Waals surface area contributed by atoms with Gasteiger partial charge in [-0.2, -0.15) is 0 Å². The summed E-state index contributed by atoms with van der Waals surface area (Å²) < 4.78 is 5.23. The van der Waals surface area contributed by atoms with Crippen LogP contribution in [-0.2, 0) is 4.74 Å². The first-order valence-electron chi connectivity index (χ1n) is 6.32. The summed E-state index contributed by atoms with van der Waals surface area (Å²) in [6.45, 7) is 4.16. The van der Waals surface area contributed by atoms with Crippen molar-refractivity contribution in [3.63, 3.8) is 0 Å². The fourth-order valence-electron chi connectivity index (χ4n) is 2.62.